The molecule has 136 valence electrons. The summed E-state index contributed by atoms with van der Waals surface area (Å²) in [6.45, 7) is 2.16. The predicted molar refractivity (Wildman–Crippen MR) is 102 cm³/mol. The van der Waals surface area contributed by atoms with Crippen LogP contribution in [0.5, 0.6) is 0 Å². The molecule has 0 aromatic heterocycles. The van der Waals surface area contributed by atoms with Crippen LogP contribution in [0.15, 0.2) is 4.99 Å². The second-order valence-electron chi connectivity index (χ2n) is 8.78. The Morgan fingerprint density at radius 2 is 1.83 bits per heavy atom. The number of nitrogens with zero attached hydrogens (tertiary/aromatic N) is 1. The summed E-state index contributed by atoms with van der Waals surface area (Å²) in [5.74, 6) is 3.76. The normalized spacial score (nSPS) is 46.9. The molecule has 7 unspecified atom stereocenters. The van der Waals surface area contributed by atoms with Crippen LogP contribution >= 0.6 is 11.6 Å². The van der Waals surface area contributed by atoms with Crippen LogP contribution in [-0.4, -0.2) is 30.3 Å². The Kier molecular flexibility index (Phi) is 5.50. The maximum Gasteiger partial charge on any atom is 0.0578 e. The molecule has 4 heteroatoms. The van der Waals surface area contributed by atoms with Crippen molar-refractivity contribution >= 4 is 17.3 Å². The molecule has 4 aliphatic rings. The van der Waals surface area contributed by atoms with E-state index in [0.29, 0.717) is 17.2 Å². The molecule has 0 aromatic carbocycles. The molecule has 7 atom stereocenters. The molecule has 0 bridgehead atoms. The quantitative estimate of drug-likeness (QED) is 0.740. The number of fused-ring (bicyclic) bond motifs is 1. The summed E-state index contributed by atoms with van der Waals surface area (Å²) in [4.78, 5) is 5.08. The first-order valence-corrected chi connectivity index (χ1v) is 10.8. The van der Waals surface area contributed by atoms with Crippen LogP contribution in [0, 0.1) is 29.6 Å². The smallest absolute Gasteiger partial charge is 0.0578 e. The van der Waals surface area contributed by atoms with Crippen molar-refractivity contribution in [3.63, 3.8) is 0 Å². The maximum atomic E-state index is 6.49. The van der Waals surface area contributed by atoms with E-state index < -0.39 is 0 Å². The van der Waals surface area contributed by atoms with Crippen molar-refractivity contribution in [3.05, 3.63) is 0 Å². The second-order valence-corrected chi connectivity index (χ2v) is 9.40. The van der Waals surface area contributed by atoms with Gasteiger partial charge in [0, 0.05) is 23.6 Å². The molecule has 2 heterocycles. The summed E-state index contributed by atoms with van der Waals surface area (Å²) >= 11 is 6.49. The zero-order valence-electron chi connectivity index (χ0n) is 14.9. The van der Waals surface area contributed by atoms with Crippen LogP contribution in [-0.2, 0) is 0 Å². The first kappa shape index (κ1) is 17.3. The van der Waals surface area contributed by atoms with Crippen molar-refractivity contribution in [2.24, 2.45) is 40.3 Å². The third-order valence-corrected chi connectivity index (χ3v) is 7.79. The molecule has 0 aromatic rings. The van der Waals surface area contributed by atoms with E-state index in [1.807, 2.05) is 0 Å². The van der Waals surface area contributed by atoms with Gasteiger partial charge in [0.15, 0.2) is 0 Å². The van der Waals surface area contributed by atoms with E-state index in [1.165, 1.54) is 57.8 Å². The van der Waals surface area contributed by atoms with E-state index in [4.69, 9.17) is 22.3 Å². The molecule has 24 heavy (non-hydrogen) atoms. The summed E-state index contributed by atoms with van der Waals surface area (Å²) in [7, 11) is 0. The van der Waals surface area contributed by atoms with Gasteiger partial charge in [0.25, 0.3) is 0 Å². The van der Waals surface area contributed by atoms with Gasteiger partial charge in [0.2, 0.25) is 0 Å². The van der Waals surface area contributed by atoms with E-state index in [2.05, 4.69) is 5.32 Å². The first-order valence-electron chi connectivity index (χ1n) is 10.4. The SMILES string of the molecule is NC1NCCC2CCC(C3CCCN=C3C3CCCC(Cl)C3)CC21. The molecule has 2 aliphatic carbocycles. The Labute approximate surface area is 152 Å². The van der Waals surface area contributed by atoms with Crippen LogP contribution in [0.25, 0.3) is 0 Å². The van der Waals surface area contributed by atoms with Gasteiger partial charge >= 0.3 is 0 Å². The molecule has 2 saturated carbocycles. The predicted octanol–water partition coefficient (Wildman–Crippen LogP) is 3.95. The Bertz CT molecular complexity index is 466. The maximum absolute atomic E-state index is 6.49. The van der Waals surface area contributed by atoms with Gasteiger partial charge in [-0.25, -0.2) is 0 Å². The number of hydrogen-bond donors (Lipinski definition) is 2. The van der Waals surface area contributed by atoms with E-state index >= 15 is 0 Å². The molecule has 4 rings (SSSR count). The molecule has 1 saturated heterocycles. The van der Waals surface area contributed by atoms with Crippen LogP contribution in [0.4, 0.5) is 0 Å². The monoisotopic (exact) mass is 351 g/mol. The van der Waals surface area contributed by atoms with Crippen LogP contribution in [0.2, 0.25) is 0 Å². The fourth-order valence-electron chi connectivity index (χ4n) is 6.14. The topological polar surface area (TPSA) is 50.4 Å². The molecule has 2 aliphatic heterocycles. The molecular formula is C20H34ClN3. The van der Waals surface area contributed by atoms with Gasteiger partial charge in [-0.2, -0.15) is 0 Å². The highest BCUT2D eigenvalue weighted by atomic mass is 35.5. The highest BCUT2D eigenvalue weighted by Gasteiger charge is 2.41. The first-order chi connectivity index (χ1) is 11.7. The lowest BCUT2D eigenvalue weighted by atomic mass is 9.63. The van der Waals surface area contributed by atoms with E-state index in [1.54, 1.807) is 5.71 Å². The van der Waals surface area contributed by atoms with Crippen LogP contribution in [0.1, 0.15) is 64.2 Å². The molecule has 3 N–H and O–H groups in total. The number of nitrogens with one attached hydrogen (secondary N) is 1. The minimum Gasteiger partial charge on any atom is -0.316 e. The van der Waals surface area contributed by atoms with Gasteiger partial charge in [0.1, 0.15) is 0 Å². The summed E-state index contributed by atoms with van der Waals surface area (Å²) in [5.41, 5.74) is 7.98. The van der Waals surface area contributed by atoms with E-state index in [-0.39, 0.29) is 6.17 Å². The summed E-state index contributed by atoms with van der Waals surface area (Å²) in [6, 6.07) is 0. The number of alkyl halides is 1. The van der Waals surface area contributed by atoms with Gasteiger partial charge in [-0.3, -0.25) is 4.99 Å². The molecule has 0 spiro atoms. The number of nitrogens with two attached hydrogens (primary N) is 1. The Morgan fingerprint density at radius 1 is 0.958 bits per heavy atom. The molecule has 3 fully saturated rings. The van der Waals surface area contributed by atoms with Crippen molar-refractivity contribution < 1.29 is 0 Å². The number of aliphatic imine (C=N–C) groups is 1. The third-order valence-electron chi connectivity index (χ3n) is 7.39. The van der Waals surface area contributed by atoms with Gasteiger partial charge in [-0.1, -0.05) is 6.42 Å². The van der Waals surface area contributed by atoms with E-state index in [0.717, 1.165) is 37.3 Å². The van der Waals surface area contributed by atoms with Crippen LogP contribution in [0.3, 0.4) is 0 Å². The molecular weight excluding hydrogens is 318 g/mol. The van der Waals surface area contributed by atoms with Gasteiger partial charge in [-0.05, 0) is 88.0 Å². The van der Waals surface area contributed by atoms with Crippen molar-refractivity contribution in [1.82, 2.24) is 5.32 Å². The average Bonchev–Trinajstić information content (AvgIpc) is 2.62. The minimum atomic E-state index is 0.220. The van der Waals surface area contributed by atoms with Crippen molar-refractivity contribution in [1.29, 1.82) is 0 Å². The second kappa shape index (κ2) is 7.63. The lowest BCUT2D eigenvalue weighted by Gasteiger charge is -2.46. The molecule has 0 radical (unpaired) electrons. The van der Waals surface area contributed by atoms with Crippen molar-refractivity contribution in [3.8, 4) is 0 Å². The molecule has 0 amide bonds. The van der Waals surface area contributed by atoms with Crippen LogP contribution < -0.4 is 11.1 Å². The largest absolute Gasteiger partial charge is 0.316 e. The fourth-order valence-corrected chi connectivity index (χ4v) is 6.51. The van der Waals surface area contributed by atoms with Crippen molar-refractivity contribution in [2.75, 3.05) is 13.1 Å². The Balaban J connectivity index is 1.47. The van der Waals surface area contributed by atoms with Gasteiger partial charge in [0.05, 0.1) is 6.17 Å². The Morgan fingerprint density at radius 3 is 2.71 bits per heavy atom. The van der Waals surface area contributed by atoms with E-state index in [9.17, 15) is 0 Å². The highest BCUT2D eigenvalue weighted by molar-refractivity contribution is 6.20. The standard InChI is InChI=1S/C20H34ClN3/c21-16-4-1-3-15(11-16)19-17(5-2-9-23-19)14-7-6-13-8-10-24-20(22)18(13)12-14/h13-18,20,24H,1-12,22H2. The zero-order chi connectivity index (χ0) is 16.5. The summed E-state index contributed by atoms with van der Waals surface area (Å²) in [6.07, 6.45) is 13.2. The lowest BCUT2D eigenvalue weighted by Crippen LogP contribution is -2.54. The number of rotatable bonds is 2. The fraction of sp³-hybridized carbons (Fsp3) is 0.950. The summed E-state index contributed by atoms with van der Waals surface area (Å²) in [5, 5.41) is 3.89. The molecule has 3 nitrogen and oxygen atoms in total. The highest BCUT2D eigenvalue weighted by Crippen LogP contribution is 2.45. The third kappa shape index (κ3) is 3.54. The Hall–Kier alpha value is -0.120. The summed E-state index contributed by atoms with van der Waals surface area (Å²) < 4.78 is 0. The number of hydrogen-bond acceptors (Lipinski definition) is 3. The van der Waals surface area contributed by atoms with Gasteiger partial charge < -0.3 is 11.1 Å². The lowest BCUT2D eigenvalue weighted by molar-refractivity contribution is 0.0857. The van der Waals surface area contributed by atoms with Gasteiger partial charge in [-0.15, -0.1) is 11.6 Å². The average molecular weight is 352 g/mol. The zero-order valence-corrected chi connectivity index (χ0v) is 15.7. The number of piperidine rings is 1. The number of halogens is 1. The van der Waals surface area contributed by atoms with Crippen molar-refractivity contribution in [2.45, 2.75) is 75.8 Å². The minimum absolute atomic E-state index is 0.220.